The van der Waals surface area contributed by atoms with E-state index in [1.54, 1.807) is 0 Å². The van der Waals surface area contributed by atoms with E-state index in [-0.39, 0.29) is 11.5 Å². The molecule has 1 aromatic carbocycles. The number of hydrogen-bond donors (Lipinski definition) is 1. The number of fused-ring (bicyclic) bond motifs is 1. The van der Waals surface area contributed by atoms with Crippen molar-refractivity contribution in [2.24, 2.45) is 0 Å². The average molecular weight is 607 g/mol. The molecule has 44 heavy (non-hydrogen) atoms. The lowest BCUT2D eigenvalue weighted by molar-refractivity contribution is 0.159. The van der Waals surface area contributed by atoms with E-state index in [1.807, 2.05) is 19.9 Å². The maximum Gasteiger partial charge on any atom is 0.136 e. The predicted octanol–water partition coefficient (Wildman–Crippen LogP) is 8.51. The first-order chi connectivity index (χ1) is 21.1. The highest BCUT2D eigenvalue weighted by molar-refractivity contribution is 5.63. The Labute approximate surface area is 267 Å². The fraction of sp³-hybridized carbons (Fsp3) is 0.703. The van der Waals surface area contributed by atoms with Gasteiger partial charge in [-0.3, -0.25) is 4.90 Å². The largest absolute Gasteiger partial charge is 0.398 e. The molecule has 5 unspecified atom stereocenters. The fourth-order valence-electron chi connectivity index (χ4n) is 7.31. The predicted molar refractivity (Wildman–Crippen MR) is 183 cm³/mol. The van der Waals surface area contributed by atoms with Gasteiger partial charge in [0.1, 0.15) is 23.9 Å². The molecule has 2 aromatic rings. The molecule has 5 rings (SSSR count). The number of anilines is 2. The molecule has 2 fully saturated rings. The SMILES string of the molecule is CC.CCN1CC(F)CC1(C)CC.CCc1nc2c(c(N3CCC3CC)n1)CCC(c1c(C(C)CC)ccc(N)c1C#N)C2. The first-order valence-corrected chi connectivity index (χ1v) is 17.5. The quantitative estimate of drug-likeness (QED) is 0.303. The smallest absolute Gasteiger partial charge is 0.136 e. The van der Waals surface area contributed by atoms with Crippen molar-refractivity contribution in [3.63, 3.8) is 0 Å². The highest BCUT2D eigenvalue weighted by atomic mass is 19.1. The van der Waals surface area contributed by atoms with Crippen molar-refractivity contribution in [1.82, 2.24) is 14.9 Å². The highest BCUT2D eigenvalue weighted by Crippen LogP contribution is 2.43. The van der Waals surface area contributed by atoms with Crippen LogP contribution < -0.4 is 10.6 Å². The molecule has 1 aromatic heterocycles. The van der Waals surface area contributed by atoms with Crippen LogP contribution in [0.5, 0.6) is 0 Å². The van der Waals surface area contributed by atoms with Gasteiger partial charge in [0, 0.05) is 42.3 Å². The van der Waals surface area contributed by atoms with E-state index in [0.29, 0.717) is 29.8 Å². The highest BCUT2D eigenvalue weighted by Gasteiger charge is 2.39. The number of nitrogens with two attached hydrogens (primary N) is 1. The topological polar surface area (TPSA) is 82.1 Å². The molecule has 0 amide bonds. The first kappa shape index (κ1) is 35.8. The summed E-state index contributed by atoms with van der Waals surface area (Å²) in [5, 5.41) is 9.94. The van der Waals surface area contributed by atoms with E-state index in [0.717, 1.165) is 75.8 Å². The number of halogens is 1. The lowest BCUT2D eigenvalue weighted by atomic mass is 9.76. The van der Waals surface area contributed by atoms with Gasteiger partial charge in [-0.2, -0.15) is 5.26 Å². The molecule has 0 bridgehead atoms. The van der Waals surface area contributed by atoms with Crippen molar-refractivity contribution < 1.29 is 4.39 Å². The van der Waals surface area contributed by atoms with E-state index in [2.05, 4.69) is 70.4 Å². The van der Waals surface area contributed by atoms with Crippen LogP contribution in [0.15, 0.2) is 12.1 Å². The average Bonchev–Trinajstić information content (AvgIpc) is 3.34. The van der Waals surface area contributed by atoms with E-state index >= 15 is 0 Å². The Morgan fingerprint density at radius 2 is 1.86 bits per heavy atom. The Bertz CT molecular complexity index is 1270. The molecule has 1 aliphatic carbocycles. The number of hydrogen-bond acceptors (Lipinski definition) is 6. The van der Waals surface area contributed by atoms with Crippen LogP contribution in [0.25, 0.3) is 0 Å². The minimum atomic E-state index is -0.597. The van der Waals surface area contributed by atoms with Crippen LogP contribution in [0, 0.1) is 11.3 Å². The van der Waals surface area contributed by atoms with Gasteiger partial charge in [-0.25, -0.2) is 14.4 Å². The summed E-state index contributed by atoms with van der Waals surface area (Å²) in [6.45, 7) is 22.0. The van der Waals surface area contributed by atoms with Gasteiger partial charge in [-0.1, -0.05) is 61.5 Å². The van der Waals surface area contributed by atoms with Gasteiger partial charge in [0.05, 0.1) is 11.3 Å². The Morgan fingerprint density at radius 3 is 2.39 bits per heavy atom. The number of nitrogen functional groups attached to an aromatic ring is 1. The fourth-order valence-corrected chi connectivity index (χ4v) is 7.31. The zero-order valence-corrected chi connectivity index (χ0v) is 29.1. The summed E-state index contributed by atoms with van der Waals surface area (Å²) in [6.07, 6.45) is 8.33. The lowest BCUT2D eigenvalue weighted by Gasteiger charge is -2.43. The summed E-state index contributed by atoms with van der Waals surface area (Å²) in [7, 11) is 0. The van der Waals surface area contributed by atoms with Gasteiger partial charge < -0.3 is 10.6 Å². The summed E-state index contributed by atoms with van der Waals surface area (Å²) in [6, 6.07) is 7.08. The van der Waals surface area contributed by atoms with Crippen LogP contribution in [0.3, 0.4) is 0 Å². The molecule has 2 aliphatic heterocycles. The zero-order chi connectivity index (χ0) is 32.6. The zero-order valence-electron chi connectivity index (χ0n) is 29.1. The minimum Gasteiger partial charge on any atom is -0.398 e. The number of nitriles is 1. The van der Waals surface area contributed by atoms with Gasteiger partial charge in [-0.15, -0.1) is 0 Å². The molecule has 7 heteroatoms. The molecule has 5 atom stereocenters. The Morgan fingerprint density at radius 1 is 1.14 bits per heavy atom. The second-order valence-corrected chi connectivity index (χ2v) is 12.9. The van der Waals surface area contributed by atoms with Crippen LogP contribution in [0.4, 0.5) is 15.9 Å². The monoisotopic (exact) mass is 606 g/mol. The molecule has 0 spiro atoms. The molecule has 6 nitrogen and oxygen atoms in total. The van der Waals surface area contributed by atoms with Gasteiger partial charge in [0.25, 0.3) is 0 Å². The van der Waals surface area contributed by atoms with Gasteiger partial charge >= 0.3 is 0 Å². The van der Waals surface area contributed by atoms with Crippen LogP contribution in [0.1, 0.15) is 146 Å². The van der Waals surface area contributed by atoms with Gasteiger partial charge in [0.15, 0.2) is 0 Å². The Hall–Kier alpha value is -2.72. The molecule has 0 saturated carbocycles. The molecule has 2 N–H and O–H groups in total. The number of rotatable bonds is 8. The second-order valence-electron chi connectivity index (χ2n) is 12.9. The molecule has 2 saturated heterocycles. The Balaban J connectivity index is 0.000000342. The molecular formula is C37H59FN6. The summed E-state index contributed by atoms with van der Waals surface area (Å²) in [4.78, 5) is 14.7. The van der Waals surface area contributed by atoms with Crippen LogP contribution >= 0.6 is 0 Å². The van der Waals surface area contributed by atoms with Crippen LogP contribution in [-0.4, -0.2) is 52.3 Å². The summed E-state index contributed by atoms with van der Waals surface area (Å²) in [5.41, 5.74) is 12.6. The third-order valence-electron chi connectivity index (χ3n) is 10.5. The van der Waals surface area contributed by atoms with Crippen molar-refractivity contribution >= 4 is 11.5 Å². The van der Waals surface area contributed by atoms with Crippen molar-refractivity contribution in [2.45, 2.75) is 150 Å². The van der Waals surface area contributed by atoms with E-state index < -0.39 is 6.17 Å². The number of likely N-dealkylation sites (tertiary alicyclic amines) is 1. The standard InChI is InChI=1S/C26H35N5.C9H18FN.C2H6/c1-5-16(4)19-10-11-22(28)21(15-27)25(19)17-8-9-20-23(14-17)29-24(7-3)30-26(20)31-13-12-18(31)6-2;1-4-9(3)6-8(10)7-11(9)5-2;1-2/h10-11,16-18H,5-9,12-14,28H2,1-4H3;8H,4-7H2,1-3H3;1-2H3. The van der Waals surface area contributed by atoms with Gasteiger partial charge in [-0.05, 0) is 93.9 Å². The number of alkyl halides is 1. The molecule has 0 radical (unpaired) electrons. The molecule has 3 aliphatic rings. The third kappa shape index (κ3) is 7.39. The second kappa shape index (κ2) is 16.0. The van der Waals surface area contributed by atoms with Crippen molar-refractivity contribution in [3.8, 4) is 6.07 Å². The van der Waals surface area contributed by atoms with Crippen molar-refractivity contribution in [1.29, 1.82) is 5.26 Å². The Kier molecular flexibility index (Phi) is 13.0. The molecule has 244 valence electrons. The first-order valence-electron chi connectivity index (χ1n) is 17.5. The molecular weight excluding hydrogens is 547 g/mol. The number of aromatic nitrogens is 2. The summed E-state index contributed by atoms with van der Waals surface area (Å²) >= 11 is 0. The van der Waals surface area contributed by atoms with Crippen LogP contribution in [0.2, 0.25) is 0 Å². The van der Waals surface area contributed by atoms with Gasteiger partial charge in [0.2, 0.25) is 0 Å². The van der Waals surface area contributed by atoms with E-state index in [1.165, 1.54) is 29.1 Å². The number of nitrogens with zero attached hydrogens (tertiary/aromatic N) is 5. The third-order valence-corrected chi connectivity index (χ3v) is 10.5. The van der Waals surface area contributed by atoms with E-state index in [4.69, 9.17) is 15.7 Å². The number of benzene rings is 1. The lowest BCUT2D eigenvalue weighted by Crippen LogP contribution is -2.48. The molecule has 3 heterocycles. The summed E-state index contributed by atoms with van der Waals surface area (Å²) in [5.74, 6) is 2.79. The van der Waals surface area contributed by atoms with E-state index in [9.17, 15) is 9.65 Å². The van der Waals surface area contributed by atoms with Crippen LogP contribution in [-0.2, 0) is 19.3 Å². The maximum atomic E-state index is 13.0. The maximum absolute atomic E-state index is 13.0. The minimum absolute atomic E-state index is 0.133. The summed E-state index contributed by atoms with van der Waals surface area (Å²) < 4.78 is 13.0. The normalized spacial score (nSPS) is 25.0. The van der Waals surface area contributed by atoms with Crippen molar-refractivity contribution in [3.05, 3.63) is 45.9 Å². The van der Waals surface area contributed by atoms with Crippen molar-refractivity contribution in [2.75, 3.05) is 30.3 Å². The number of aryl methyl sites for hydroxylation is 1.